The molecule has 0 saturated heterocycles. The largest absolute Gasteiger partial charge is 0.465 e. The van der Waals surface area contributed by atoms with Crippen molar-refractivity contribution in [2.24, 2.45) is 0 Å². The van der Waals surface area contributed by atoms with Crippen molar-refractivity contribution in [3.05, 3.63) is 40.3 Å². The Bertz CT molecular complexity index is 1220. The van der Waals surface area contributed by atoms with Crippen LogP contribution in [0.3, 0.4) is 0 Å². The van der Waals surface area contributed by atoms with Crippen LogP contribution in [-0.2, 0) is 32.0 Å². The molecule has 1 aromatic carbocycles. The van der Waals surface area contributed by atoms with E-state index in [0.29, 0.717) is 42.1 Å². The third kappa shape index (κ3) is 8.22. The van der Waals surface area contributed by atoms with Gasteiger partial charge in [0.05, 0.1) is 24.5 Å². The molecule has 2 aromatic rings. The van der Waals surface area contributed by atoms with Gasteiger partial charge in [-0.3, -0.25) is 9.59 Å². The number of rotatable bonds is 9. The number of carbonyl (C=O) groups excluding carboxylic acids is 4. The molecule has 1 aromatic heterocycles. The summed E-state index contributed by atoms with van der Waals surface area (Å²) in [6.07, 6.45) is 1.79. The zero-order valence-corrected chi connectivity index (χ0v) is 25.0. The highest BCUT2D eigenvalue weighted by molar-refractivity contribution is 8.00. The Morgan fingerprint density at radius 3 is 2.54 bits per heavy atom. The summed E-state index contributed by atoms with van der Waals surface area (Å²) in [5.74, 6) is -0.813. The molecule has 1 unspecified atom stereocenters. The van der Waals surface area contributed by atoms with Gasteiger partial charge in [-0.1, -0.05) is 19.9 Å². The average Bonchev–Trinajstić information content (AvgIpc) is 3.23. The molecule has 0 aliphatic carbocycles. The fourth-order valence-corrected chi connectivity index (χ4v) is 6.34. The smallest absolute Gasteiger partial charge is 0.410 e. The van der Waals surface area contributed by atoms with Crippen LogP contribution < -0.4 is 10.6 Å². The van der Waals surface area contributed by atoms with Crippen molar-refractivity contribution in [1.29, 1.82) is 0 Å². The van der Waals surface area contributed by atoms with Gasteiger partial charge < -0.3 is 25.0 Å². The van der Waals surface area contributed by atoms with Crippen LogP contribution in [0.1, 0.15) is 74.7 Å². The first-order chi connectivity index (χ1) is 18.4. The molecule has 3 amide bonds. The van der Waals surface area contributed by atoms with Gasteiger partial charge in [0.2, 0.25) is 11.8 Å². The maximum atomic E-state index is 13.4. The number of amides is 3. The Labute approximate surface area is 238 Å². The zero-order chi connectivity index (χ0) is 28.7. The molecular weight excluding hydrogens is 538 g/mol. The van der Waals surface area contributed by atoms with Gasteiger partial charge in [0.15, 0.2) is 0 Å². The summed E-state index contributed by atoms with van der Waals surface area (Å²) in [7, 11) is 1.31. The lowest BCUT2D eigenvalue weighted by Crippen LogP contribution is -2.39. The molecule has 1 aliphatic heterocycles. The lowest BCUT2D eigenvalue weighted by molar-refractivity contribution is -0.116. The van der Waals surface area contributed by atoms with Gasteiger partial charge >= 0.3 is 12.1 Å². The van der Waals surface area contributed by atoms with Gasteiger partial charge in [0.1, 0.15) is 10.6 Å². The number of esters is 1. The molecule has 3 rings (SSSR count). The Morgan fingerprint density at radius 1 is 1.15 bits per heavy atom. The lowest BCUT2D eigenvalue weighted by Gasteiger charge is -2.30. The first kappa shape index (κ1) is 30.5. The van der Waals surface area contributed by atoms with Crippen molar-refractivity contribution in [3.63, 3.8) is 0 Å². The van der Waals surface area contributed by atoms with E-state index in [1.54, 1.807) is 4.90 Å². The highest BCUT2D eigenvalue weighted by Crippen LogP contribution is 2.39. The fraction of sp³-hybridized carbons (Fsp3) is 0.500. The Morgan fingerprint density at radius 2 is 1.90 bits per heavy atom. The predicted octanol–water partition coefficient (Wildman–Crippen LogP) is 6.08. The number of hydrogen-bond acceptors (Lipinski definition) is 8. The SMILES string of the molecule is CCCC(=O)Nc1cccc(SC(CC)C(=O)Nc2sc3c(c2C(=O)OC)CCN(C(=O)OC(C)(C)C)C3)c1. The van der Waals surface area contributed by atoms with Crippen molar-refractivity contribution in [2.75, 3.05) is 24.3 Å². The van der Waals surface area contributed by atoms with Crippen molar-refractivity contribution >= 4 is 57.7 Å². The summed E-state index contributed by atoms with van der Waals surface area (Å²) in [6.45, 7) is 10.00. The van der Waals surface area contributed by atoms with Crippen LogP contribution in [0.4, 0.5) is 15.5 Å². The second-order valence-corrected chi connectivity index (χ2v) is 12.6. The summed E-state index contributed by atoms with van der Waals surface area (Å²) < 4.78 is 10.6. The lowest BCUT2D eigenvalue weighted by atomic mass is 10.0. The quantitative estimate of drug-likeness (QED) is 0.275. The van der Waals surface area contributed by atoms with E-state index in [1.165, 1.54) is 30.2 Å². The summed E-state index contributed by atoms with van der Waals surface area (Å²) in [5.41, 5.74) is 1.20. The van der Waals surface area contributed by atoms with Crippen LogP contribution in [0.5, 0.6) is 0 Å². The molecular formula is C28H37N3O6S2. The van der Waals surface area contributed by atoms with E-state index in [-0.39, 0.29) is 18.4 Å². The number of nitrogens with zero attached hydrogens (tertiary/aromatic N) is 1. The minimum atomic E-state index is -0.615. The number of anilines is 2. The molecule has 0 bridgehead atoms. The van der Waals surface area contributed by atoms with Crippen molar-refractivity contribution in [2.45, 2.75) is 82.6 Å². The van der Waals surface area contributed by atoms with E-state index < -0.39 is 22.9 Å². The molecule has 2 heterocycles. The molecule has 11 heteroatoms. The molecule has 1 atom stereocenters. The average molecular weight is 576 g/mol. The normalized spacial score (nSPS) is 13.7. The first-order valence-corrected chi connectivity index (χ1v) is 14.7. The number of nitrogens with one attached hydrogen (secondary N) is 2. The molecule has 0 radical (unpaired) electrons. The minimum Gasteiger partial charge on any atom is -0.465 e. The van der Waals surface area contributed by atoms with E-state index in [1.807, 2.05) is 58.9 Å². The van der Waals surface area contributed by atoms with Crippen LogP contribution >= 0.6 is 23.1 Å². The van der Waals surface area contributed by atoms with Crippen molar-refractivity contribution < 1.29 is 28.7 Å². The van der Waals surface area contributed by atoms with E-state index >= 15 is 0 Å². The van der Waals surface area contributed by atoms with Gasteiger partial charge in [-0.15, -0.1) is 23.1 Å². The minimum absolute atomic E-state index is 0.0494. The number of methoxy groups -OCH3 is 1. The fourth-order valence-electron chi connectivity index (χ4n) is 4.07. The van der Waals surface area contributed by atoms with Crippen LogP contribution in [0.25, 0.3) is 0 Å². The van der Waals surface area contributed by atoms with E-state index in [2.05, 4.69) is 10.6 Å². The van der Waals surface area contributed by atoms with Crippen LogP contribution in [0.2, 0.25) is 0 Å². The van der Waals surface area contributed by atoms with E-state index in [0.717, 1.165) is 21.8 Å². The molecule has 0 fully saturated rings. The number of thiophene rings is 1. The topological polar surface area (TPSA) is 114 Å². The Hall–Kier alpha value is -3.05. The molecule has 39 heavy (non-hydrogen) atoms. The molecule has 1 aliphatic rings. The molecule has 2 N–H and O–H groups in total. The van der Waals surface area contributed by atoms with E-state index in [4.69, 9.17) is 9.47 Å². The summed E-state index contributed by atoms with van der Waals surface area (Å²) in [6, 6.07) is 7.40. The molecule has 0 saturated carbocycles. The van der Waals surface area contributed by atoms with Gasteiger partial charge in [-0.25, -0.2) is 9.59 Å². The number of ether oxygens (including phenoxy) is 2. The monoisotopic (exact) mass is 575 g/mol. The molecule has 212 valence electrons. The number of thioether (sulfide) groups is 1. The predicted molar refractivity (Wildman–Crippen MR) is 155 cm³/mol. The van der Waals surface area contributed by atoms with Crippen molar-refractivity contribution in [3.8, 4) is 0 Å². The Kier molecular flexibility index (Phi) is 10.4. The summed E-state index contributed by atoms with van der Waals surface area (Å²) in [4.78, 5) is 54.0. The van der Waals surface area contributed by atoms with Gasteiger partial charge in [-0.05, 0) is 63.8 Å². The third-order valence-corrected chi connectivity index (χ3v) is 8.36. The highest BCUT2D eigenvalue weighted by atomic mass is 32.2. The van der Waals surface area contributed by atoms with Crippen LogP contribution in [0, 0.1) is 0 Å². The number of benzene rings is 1. The summed E-state index contributed by atoms with van der Waals surface area (Å²) >= 11 is 2.67. The van der Waals surface area contributed by atoms with Gasteiger partial charge in [-0.2, -0.15) is 0 Å². The number of hydrogen-bond donors (Lipinski definition) is 2. The third-order valence-electron chi connectivity index (χ3n) is 5.87. The standard InChI is InChI=1S/C28H37N3O6S2/c1-7-10-22(32)29-17-11-9-12-18(15-17)38-20(8-2)24(33)30-25-23(26(34)36-6)19-13-14-31(16-21(19)39-25)27(35)37-28(3,4)5/h9,11-12,15,20H,7-8,10,13-14,16H2,1-6H3,(H,29,32)(H,30,33). The summed E-state index contributed by atoms with van der Waals surface area (Å²) in [5, 5.41) is 5.82. The number of fused-ring (bicyclic) bond motifs is 1. The first-order valence-electron chi connectivity index (χ1n) is 13.0. The maximum absolute atomic E-state index is 13.4. The van der Waals surface area contributed by atoms with Crippen LogP contribution in [0.15, 0.2) is 29.2 Å². The second kappa shape index (κ2) is 13.3. The van der Waals surface area contributed by atoms with Crippen LogP contribution in [-0.4, -0.2) is 53.3 Å². The molecule has 0 spiro atoms. The second-order valence-electron chi connectivity index (χ2n) is 10.2. The zero-order valence-electron chi connectivity index (χ0n) is 23.3. The van der Waals surface area contributed by atoms with Gasteiger partial charge in [0.25, 0.3) is 0 Å². The van der Waals surface area contributed by atoms with Gasteiger partial charge in [0, 0.05) is 28.4 Å². The molecule has 9 nitrogen and oxygen atoms in total. The highest BCUT2D eigenvalue weighted by Gasteiger charge is 2.33. The Balaban J connectivity index is 1.77. The van der Waals surface area contributed by atoms with E-state index in [9.17, 15) is 19.2 Å². The maximum Gasteiger partial charge on any atom is 0.410 e. The number of carbonyl (C=O) groups is 4. The van der Waals surface area contributed by atoms with Crippen molar-refractivity contribution in [1.82, 2.24) is 4.90 Å².